The van der Waals surface area contributed by atoms with Crippen molar-refractivity contribution in [3.63, 3.8) is 0 Å². The van der Waals surface area contributed by atoms with Crippen molar-refractivity contribution in [2.45, 2.75) is 17.9 Å². The van der Waals surface area contributed by atoms with Crippen molar-refractivity contribution in [3.8, 4) is 0 Å². The third-order valence-electron chi connectivity index (χ3n) is 3.54. The van der Waals surface area contributed by atoms with Crippen LogP contribution in [0.15, 0.2) is 40.3 Å². The van der Waals surface area contributed by atoms with E-state index in [9.17, 15) is 13.2 Å². The number of pyridine rings is 1. The van der Waals surface area contributed by atoms with Crippen molar-refractivity contribution in [1.82, 2.24) is 19.3 Å². The summed E-state index contributed by atoms with van der Waals surface area (Å²) < 4.78 is 32.4. The van der Waals surface area contributed by atoms with Gasteiger partial charge >= 0.3 is 0 Å². The van der Waals surface area contributed by atoms with E-state index in [1.165, 1.54) is 28.8 Å². The zero-order valence-corrected chi connectivity index (χ0v) is 13.3. The minimum Gasteiger partial charge on any atom is -0.378 e. The number of morpholine rings is 1. The molecule has 0 bridgehead atoms. The van der Waals surface area contributed by atoms with Gasteiger partial charge in [0.2, 0.25) is 10.0 Å². The van der Waals surface area contributed by atoms with Gasteiger partial charge in [0, 0.05) is 25.0 Å². The van der Waals surface area contributed by atoms with Gasteiger partial charge in [0.1, 0.15) is 10.7 Å². The van der Waals surface area contributed by atoms with Crippen molar-refractivity contribution in [1.29, 1.82) is 0 Å². The van der Waals surface area contributed by atoms with Gasteiger partial charge in [-0.15, -0.1) is 0 Å². The summed E-state index contributed by atoms with van der Waals surface area (Å²) in [5, 5.41) is 0. The molecular formula is C14H16N4O4S. The molecule has 3 heterocycles. The fraction of sp³-hybridized carbons (Fsp3) is 0.357. The Kier molecular flexibility index (Phi) is 4.24. The summed E-state index contributed by atoms with van der Waals surface area (Å²) in [6.07, 6.45) is 2.82. The Labute approximate surface area is 133 Å². The molecule has 1 atom stereocenters. The molecule has 0 aromatic carbocycles. The van der Waals surface area contributed by atoms with E-state index in [-0.39, 0.29) is 30.2 Å². The van der Waals surface area contributed by atoms with Gasteiger partial charge in [-0.3, -0.25) is 9.78 Å². The molecule has 23 heavy (non-hydrogen) atoms. The van der Waals surface area contributed by atoms with E-state index >= 15 is 0 Å². The predicted molar refractivity (Wildman–Crippen MR) is 81.3 cm³/mol. The Morgan fingerprint density at radius 3 is 2.96 bits per heavy atom. The largest absolute Gasteiger partial charge is 0.378 e. The second-order valence-electron chi connectivity index (χ2n) is 5.15. The van der Waals surface area contributed by atoms with Gasteiger partial charge in [0.05, 0.1) is 24.9 Å². The summed E-state index contributed by atoms with van der Waals surface area (Å²) in [4.78, 5) is 22.4. The predicted octanol–water partition coefficient (Wildman–Crippen LogP) is 0.236. The van der Waals surface area contributed by atoms with Gasteiger partial charge in [-0.05, 0) is 19.1 Å². The Morgan fingerprint density at radius 2 is 2.26 bits per heavy atom. The molecule has 8 nitrogen and oxygen atoms in total. The fourth-order valence-electron chi connectivity index (χ4n) is 2.52. The molecule has 1 unspecified atom stereocenters. The van der Waals surface area contributed by atoms with Crippen molar-refractivity contribution < 1.29 is 13.2 Å². The van der Waals surface area contributed by atoms with Crippen LogP contribution in [0.5, 0.6) is 0 Å². The molecule has 9 heteroatoms. The number of hydrogen-bond acceptors (Lipinski definition) is 6. The highest BCUT2D eigenvalue weighted by Gasteiger charge is 2.36. The SMILES string of the molecule is Cc1nc(C2COCCN2S(=O)(=O)c2cccnc2)cc(=O)[nH]1. The summed E-state index contributed by atoms with van der Waals surface area (Å²) in [6, 6.07) is 3.72. The van der Waals surface area contributed by atoms with E-state index in [0.717, 1.165) is 0 Å². The fourth-order valence-corrected chi connectivity index (χ4v) is 4.05. The monoisotopic (exact) mass is 336 g/mol. The van der Waals surface area contributed by atoms with Gasteiger partial charge in [0.25, 0.3) is 5.56 Å². The minimum absolute atomic E-state index is 0.105. The molecule has 122 valence electrons. The lowest BCUT2D eigenvalue weighted by atomic mass is 10.2. The van der Waals surface area contributed by atoms with Crippen LogP contribution in [0.4, 0.5) is 0 Å². The molecule has 1 N–H and O–H groups in total. The van der Waals surface area contributed by atoms with E-state index < -0.39 is 16.1 Å². The van der Waals surface area contributed by atoms with E-state index in [1.807, 2.05) is 0 Å². The highest BCUT2D eigenvalue weighted by Crippen LogP contribution is 2.28. The molecule has 2 aromatic heterocycles. The Balaban J connectivity index is 2.04. The van der Waals surface area contributed by atoms with E-state index in [1.54, 1.807) is 13.0 Å². The summed E-state index contributed by atoms with van der Waals surface area (Å²) in [5.41, 5.74) is 0.0511. The van der Waals surface area contributed by atoms with Gasteiger partial charge in [0.15, 0.2) is 0 Å². The first-order valence-electron chi connectivity index (χ1n) is 7.06. The Bertz CT molecular complexity index is 851. The summed E-state index contributed by atoms with van der Waals surface area (Å²) in [6.45, 7) is 2.28. The Morgan fingerprint density at radius 1 is 1.43 bits per heavy atom. The standard InChI is InChI=1S/C14H16N4O4S/c1-10-16-12(7-14(19)17-10)13-9-22-6-5-18(13)23(20,21)11-3-2-4-15-8-11/h2-4,7-8,13H,5-6,9H2,1H3,(H,16,17,19). The van der Waals surface area contributed by atoms with Crippen LogP contribution < -0.4 is 5.56 Å². The number of nitrogens with zero attached hydrogens (tertiary/aromatic N) is 3. The molecule has 2 aromatic rings. The van der Waals surface area contributed by atoms with Crippen molar-refractivity contribution in [2.75, 3.05) is 19.8 Å². The number of sulfonamides is 1. The third-order valence-corrected chi connectivity index (χ3v) is 5.43. The molecule has 0 aliphatic carbocycles. The number of aromatic amines is 1. The minimum atomic E-state index is -3.75. The van der Waals surface area contributed by atoms with Crippen molar-refractivity contribution in [2.24, 2.45) is 0 Å². The Hall–Kier alpha value is -2.10. The lowest BCUT2D eigenvalue weighted by Crippen LogP contribution is -2.44. The zero-order chi connectivity index (χ0) is 16.4. The number of rotatable bonds is 3. The normalized spacial score (nSPS) is 19.6. The number of nitrogens with one attached hydrogen (secondary N) is 1. The molecule has 3 rings (SSSR count). The van der Waals surface area contributed by atoms with E-state index in [4.69, 9.17) is 4.74 Å². The highest BCUT2D eigenvalue weighted by atomic mass is 32.2. The van der Waals surface area contributed by atoms with Crippen LogP contribution in [-0.4, -0.2) is 47.4 Å². The first-order chi connectivity index (χ1) is 11.0. The molecule has 1 aliphatic rings. The number of aromatic nitrogens is 3. The quantitative estimate of drug-likeness (QED) is 0.860. The summed E-state index contributed by atoms with van der Waals surface area (Å²) >= 11 is 0. The maximum atomic E-state index is 12.9. The topological polar surface area (TPSA) is 105 Å². The maximum absolute atomic E-state index is 12.9. The molecule has 0 saturated carbocycles. The maximum Gasteiger partial charge on any atom is 0.251 e. The van der Waals surface area contributed by atoms with Crippen LogP contribution >= 0.6 is 0 Å². The van der Waals surface area contributed by atoms with Gasteiger partial charge in [-0.25, -0.2) is 13.4 Å². The summed E-state index contributed by atoms with van der Waals surface area (Å²) in [5.74, 6) is 0.428. The van der Waals surface area contributed by atoms with Crippen LogP contribution in [0.3, 0.4) is 0 Å². The molecular weight excluding hydrogens is 320 g/mol. The molecule has 1 aliphatic heterocycles. The van der Waals surface area contributed by atoms with Crippen molar-refractivity contribution >= 4 is 10.0 Å². The lowest BCUT2D eigenvalue weighted by molar-refractivity contribution is 0.0304. The highest BCUT2D eigenvalue weighted by molar-refractivity contribution is 7.89. The first-order valence-corrected chi connectivity index (χ1v) is 8.50. The third kappa shape index (κ3) is 3.16. The number of H-pyrrole nitrogens is 1. The zero-order valence-electron chi connectivity index (χ0n) is 12.5. The summed E-state index contributed by atoms with van der Waals surface area (Å²) in [7, 11) is -3.75. The number of ether oxygens (including phenoxy) is 1. The van der Waals surface area contributed by atoms with Crippen LogP contribution in [-0.2, 0) is 14.8 Å². The van der Waals surface area contributed by atoms with Crippen LogP contribution in [0, 0.1) is 6.92 Å². The van der Waals surface area contributed by atoms with Crippen LogP contribution in [0.25, 0.3) is 0 Å². The average Bonchev–Trinajstić information content (AvgIpc) is 2.55. The number of hydrogen-bond donors (Lipinski definition) is 1. The van der Waals surface area contributed by atoms with Gasteiger partial charge < -0.3 is 9.72 Å². The molecule has 0 amide bonds. The van der Waals surface area contributed by atoms with Crippen LogP contribution in [0.2, 0.25) is 0 Å². The number of aryl methyl sites for hydroxylation is 1. The van der Waals surface area contributed by atoms with E-state index in [2.05, 4.69) is 15.0 Å². The molecule has 0 radical (unpaired) electrons. The van der Waals surface area contributed by atoms with Gasteiger partial charge in [-0.1, -0.05) is 0 Å². The molecule has 1 saturated heterocycles. The van der Waals surface area contributed by atoms with Gasteiger partial charge in [-0.2, -0.15) is 4.31 Å². The van der Waals surface area contributed by atoms with E-state index in [0.29, 0.717) is 11.5 Å². The second kappa shape index (κ2) is 6.19. The molecule has 1 fully saturated rings. The first kappa shape index (κ1) is 15.8. The smallest absolute Gasteiger partial charge is 0.251 e. The van der Waals surface area contributed by atoms with Crippen LogP contribution in [0.1, 0.15) is 17.6 Å². The molecule has 0 spiro atoms. The second-order valence-corrected chi connectivity index (χ2v) is 7.04. The van der Waals surface area contributed by atoms with Crippen molar-refractivity contribution in [3.05, 3.63) is 52.5 Å². The lowest BCUT2D eigenvalue weighted by Gasteiger charge is -2.34. The average molecular weight is 336 g/mol.